The molecule has 24 heteroatoms. The van der Waals surface area contributed by atoms with Crippen molar-refractivity contribution in [2.24, 2.45) is 0 Å². The number of amides is 1. The van der Waals surface area contributed by atoms with Crippen molar-refractivity contribution in [2.45, 2.75) is 30.3 Å². The highest BCUT2D eigenvalue weighted by Gasteiger charge is 2.32. The van der Waals surface area contributed by atoms with Crippen molar-refractivity contribution < 1.29 is 26.7 Å². The van der Waals surface area contributed by atoms with E-state index in [1.54, 1.807) is 13.0 Å². The third-order valence-electron chi connectivity index (χ3n) is 9.28. The molecule has 0 saturated carbocycles. The molecule has 0 bridgehead atoms. The highest BCUT2D eigenvalue weighted by molar-refractivity contribution is 7.89. The lowest BCUT2D eigenvalue weighted by Gasteiger charge is -2.33. The maximum atomic E-state index is 12.8. The maximum Gasteiger partial charge on any atom is 0.410 e. The number of carboxylic acid groups (broad SMARTS) is 1. The van der Waals surface area contributed by atoms with Gasteiger partial charge in [-0.1, -0.05) is 30.3 Å². The average Bonchev–Trinajstić information content (AvgIpc) is 3.25. The van der Waals surface area contributed by atoms with Gasteiger partial charge >= 0.3 is 6.09 Å². The lowest BCUT2D eigenvalue weighted by atomic mass is 10.0. The van der Waals surface area contributed by atoms with Crippen molar-refractivity contribution >= 4 is 49.7 Å². The molecule has 1 aromatic carbocycles. The minimum atomic E-state index is -3.87. The van der Waals surface area contributed by atoms with Gasteiger partial charge in [0.2, 0.25) is 11.9 Å². The number of nitrogen functional groups attached to an aromatic ring is 1. The predicted molar refractivity (Wildman–Crippen MR) is 214 cm³/mol. The molecule has 2 aliphatic rings. The van der Waals surface area contributed by atoms with E-state index < -0.39 is 26.1 Å². The molecule has 7 rings (SSSR count). The van der Waals surface area contributed by atoms with E-state index in [0.29, 0.717) is 55.9 Å². The number of benzene rings is 1. The molecular weight excluding hydrogens is 817 g/mol. The Labute approximate surface area is 345 Å². The summed E-state index contributed by atoms with van der Waals surface area (Å²) in [4.78, 5) is 31.8. The molecule has 0 unspecified atom stereocenters. The molecule has 5 aromatic rings. The molecule has 4 aromatic heterocycles. The fraction of sp³-hybridized carbons (Fsp3) is 0.306. The lowest BCUT2D eigenvalue weighted by molar-refractivity contribution is 0.209. The first-order valence-electron chi connectivity index (χ1n) is 18.2. The van der Waals surface area contributed by atoms with Gasteiger partial charge in [0.05, 0.1) is 0 Å². The Balaban J connectivity index is 0.000000203. The Morgan fingerprint density at radius 2 is 1.30 bits per heavy atom. The Morgan fingerprint density at radius 1 is 0.733 bits per heavy atom. The van der Waals surface area contributed by atoms with Gasteiger partial charge in [0.1, 0.15) is 29.3 Å². The smallest absolute Gasteiger partial charge is 0.410 e. The summed E-state index contributed by atoms with van der Waals surface area (Å²) in [5.41, 5.74) is 9.35. The number of piperazine rings is 2. The lowest BCUT2D eigenvalue weighted by Crippen LogP contribution is -2.49. The van der Waals surface area contributed by atoms with E-state index in [1.807, 2.05) is 58.4 Å². The number of rotatable bonds is 9. The summed E-state index contributed by atoms with van der Waals surface area (Å²) < 4.78 is 53.6. The second-order valence-corrected chi connectivity index (χ2v) is 17.1. The van der Waals surface area contributed by atoms with Crippen molar-refractivity contribution in [3.63, 3.8) is 0 Å². The van der Waals surface area contributed by atoms with E-state index in [4.69, 9.17) is 16.1 Å². The van der Waals surface area contributed by atoms with Crippen LogP contribution < -0.4 is 20.9 Å². The van der Waals surface area contributed by atoms with Crippen LogP contribution in [0.15, 0.2) is 70.7 Å². The van der Waals surface area contributed by atoms with Crippen LogP contribution in [-0.2, 0) is 26.5 Å². The van der Waals surface area contributed by atoms with Crippen LogP contribution in [0.25, 0.3) is 0 Å². The number of nitriles is 2. The first kappa shape index (κ1) is 42.6. The number of nitrogens with two attached hydrogens (primary N) is 1. The van der Waals surface area contributed by atoms with Crippen LogP contribution >= 0.6 is 0 Å². The quantitative estimate of drug-likeness (QED) is 0.187. The number of aryl methyl sites for hydroxylation is 2. The number of aromatic nitrogens is 8. The number of sulfonamides is 2. The summed E-state index contributed by atoms with van der Waals surface area (Å²) in [6.07, 6.45) is -0.747. The van der Waals surface area contributed by atoms with Crippen molar-refractivity contribution in [3.05, 3.63) is 94.6 Å². The van der Waals surface area contributed by atoms with Gasteiger partial charge in [0.15, 0.2) is 15.9 Å². The Hall–Kier alpha value is -6.99. The summed E-state index contributed by atoms with van der Waals surface area (Å²) in [5.74, 6) is 0.907. The third kappa shape index (κ3) is 9.99. The minimum Gasteiger partial charge on any atom is -0.465 e. The molecule has 0 spiro atoms. The molecule has 310 valence electrons. The number of hydrogen-bond acceptors (Lipinski definition) is 18. The van der Waals surface area contributed by atoms with Crippen LogP contribution in [0.2, 0.25) is 0 Å². The molecule has 2 saturated heterocycles. The Morgan fingerprint density at radius 3 is 1.80 bits per heavy atom. The average molecular weight is 855 g/mol. The van der Waals surface area contributed by atoms with Gasteiger partial charge in [-0.3, -0.25) is 5.32 Å². The summed E-state index contributed by atoms with van der Waals surface area (Å²) in [5, 5.41) is 43.4. The van der Waals surface area contributed by atoms with Gasteiger partial charge in [-0.05, 0) is 49.7 Å². The molecule has 22 nitrogen and oxygen atoms in total. The van der Waals surface area contributed by atoms with Gasteiger partial charge in [-0.25, -0.2) is 41.6 Å². The second kappa shape index (κ2) is 18.3. The normalized spacial score (nSPS) is 14.9. The zero-order chi connectivity index (χ0) is 43.0. The predicted octanol–water partition coefficient (Wildman–Crippen LogP) is 1.18. The summed E-state index contributed by atoms with van der Waals surface area (Å²) in [7, 11) is -7.63. The van der Waals surface area contributed by atoms with Gasteiger partial charge in [-0.2, -0.15) is 19.1 Å². The molecule has 4 N–H and O–H groups in total. The van der Waals surface area contributed by atoms with Crippen LogP contribution in [-0.4, -0.2) is 129 Å². The van der Waals surface area contributed by atoms with Crippen LogP contribution in [0.3, 0.4) is 0 Å². The van der Waals surface area contributed by atoms with E-state index >= 15 is 0 Å². The Bertz CT molecular complexity index is 2650. The highest BCUT2D eigenvalue weighted by Crippen LogP contribution is 2.23. The van der Waals surface area contributed by atoms with Crippen molar-refractivity contribution in [2.75, 3.05) is 73.2 Å². The molecule has 0 aliphatic carbocycles. The van der Waals surface area contributed by atoms with E-state index in [9.17, 15) is 26.9 Å². The number of nitrogens with one attached hydrogen (secondary N) is 1. The van der Waals surface area contributed by atoms with Crippen LogP contribution in [0, 0.1) is 36.5 Å². The maximum absolute atomic E-state index is 12.8. The van der Waals surface area contributed by atoms with Gasteiger partial charge in [-0.15, -0.1) is 20.4 Å². The van der Waals surface area contributed by atoms with E-state index in [2.05, 4.69) is 46.4 Å². The molecule has 0 atom stereocenters. The van der Waals surface area contributed by atoms with E-state index in [1.165, 1.54) is 32.9 Å². The van der Waals surface area contributed by atoms with Gasteiger partial charge < -0.3 is 20.6 Å². The van der Waals surface area contributed by atoms with E-state index in [0.717, 1.165) is 16.8 Å². The fourth-order valence-corrected chi connectivity index (χ4v) is 8.79. The van der Waals surface area contributed by atoms with E-state index in [-0.39, 0.29) is 53.6 Å². The van der Waals surface area contributed by atoms with Crippen LogP contribution in [0.1, 0.15) is 33.9 Å². The topological polar surface area (TPSA) is 307 Å². The van der Waals surface area contributed by atoms with Gasteiger partial charge in [0.25, 0.3) is 20.0 Å². The number of nitrogens with zero attached hydrogens (tertiary/aromatic N) is 14. The zero-order valence-corrected chi connectivity index (χ0v) is 33.9. The van der Waals surface area contributed by atoms with Crippen LogP contribution in [0.5, 0.6) is 0 Å². The minimum absolute atomic E-state index is 0.0684. The summed E-state index contributed by atoms with van der Waals surface area (Å²) >= 11 is 0. The standard InChI is InChI=1S/C21H22N8O2S.C15H16N8O4S/c1-15-17(13-16-5-3-2-4-6-16)18(14-22)25-21(24-15)28-9-11-29(12-10-28)32(30,31)20-8-7-19(23)26-27-20;1-10-8-11(9-16)18-14(17-10)22-4-6-23(7-5-22)28(26,27)13-3-2-12(20-21-13)19-15(24)25/h2-8H,9-13H2,1H3,(H2,23,26);2-3,8H,4-7H2,1H3,(H,19,20)(H,24,25). The molecule has 2 aliphatic heterocycles. The zero-order valence-electron chi connectivity index (χ0n) is 32.3. The number of carbonyl (C=O) groups is 1. The Kier molecular flexibility index (Phi) is 13.0. The first-order valence-corrected chi connectivity index (χ1v) is 21.1. The largest absolute Gasteiger partial charge is 0.465 e. The van der Waals surface area contributed by atoms with Crippen LogP contribution in [0.4, 0.5) is 28.3 Å². The summed E-state index contributed by atoms with van der Waals surface area (Å²) in [6.45, 7) is 5.94. The summed E-state index contributed by atoms with van der Waals surface area (Å²) in [6, 6.07) is 20.8. The van der Waals surface area contributed by atoms with Gasteiger partial charge in [0, 0.05) is 75.7 Å². The second-order valence-electron chi connectivity index (χ2n) is 13.3. The molecule has 1 amide bonds. The number of anilines is 4. The SMILES string of the molecule is Cc1cc(C#N)nc(N2CCN(S(=O)(=O)c3ccc(NC(=O)O)nn3)CC2)n1.Cc1nc(N2CCN(S(=O)(=O)c3ccc(N)nn3)CC2)nc(C#N)c1Cc1ccccc1. The van der Waals surface area contributed by atoms with Crippen molar-refractivity contribution in [1.82, 2.24) is 48.9 Å². The van der Waals surface area contributed by atoms with Crippen molar-refractivity contribution in [1.29, 1.82) is 10.5 Å². The highest BCUT2D eigenvalue weighted by atomic mass is 32.2. The molecule has 0 radical (unpaired) electrons. The monoisotopic (exact) mass is 854 g/mol. The third-order valence-corrected chi connectivity index (χ3v) is 12.9. The molecule has 2 fully saturated rings. The molecule has 60 heavy (non-hydrogen) atoms. The molecular formula is C36H38N16O6S2. The fourth-order valence-electron chi connectivity index (χ4n) is 6.20. The number of hydrogen-bond donors (Lipinski definition) is 3. The molecule has 6 heterocycles. The first-order chi connectivity index (χ1) is 28.7. The van der Waals surface area contributed by atoms with Crippen molar-refractivity contribution in [3.8, 4) is 12.1 Å².